The minimum atomic E-state index is 0.358. The second-order valence-electron chi connectivity index (χ2n) is 4.76. The SMILES string of the molecule is Cc1cn(C(C)C)c(Nc2c(C)cccc2Cl)n1. The molecule has 0 unspecified atom stereocenters. The van der Waals surface area contributed by atoms with Crippen LogP contribution in [0.1, 0.15) is 31.1 Å². The monoisotopic (exact) mass is 263 g/mol. The number of halogens is 1. The van der Waals surface area contributed by atoms with Gasteiger partial charge in [0.05, 0.1) is 16.4 Å². The van der Waals surface area contributed by atoms with E-state index in [4.69, 9.17) is 11.6 Å². The molecule has 0 saturated heterocycles. The maximum Gasteiger partial charge on any atom is 0.207 e. The molecule has 0 fully saturated rings. The van der Waals surface area contributed by atoms with Gasteiger partial charge in [-0.1, -0.05) is 23.7 Å². The predicted molar refractivity (Wildman–Crippen MR) is 76.8 cm³/mol. The van der Waals surface area contributed by atoms with Gasteiger partial charge in [0.25, 0.3) is 0 Å². The van der Waals surface area contributed by atoms with Crippen LogP contribution in [0.25, 0.3) is 0 Å². The summed E-state index contributed by atoms with van der Waals surface area (Å²) in [5, 5.41) is 4.05. The van der Waals surface area contributed by atoms with Crippen LogP contribution in [0.3, 0.4) is 0 Å². The van der Waals surface area contributed by atoms with E-state index in [0.717, 1.165) is 22.9 Å². The molecule has 1 aromatic heterocycles. The summed E-state index contributed by atoms with van der Waals surface area (Å²) in [6.07, 6.45) is 2.04. The van der Waals surface area contributed by atoms with Crippen molar-refractivity contribution in [2.45, 2.75) is 33.7 Å². The third kappa shape index (κ3) is 2.51. The number of nitrogens with zero attached hydrogens (tertiary/aromatic N) is 2. The number of rotatable bonds is 3. The number of nitrogens with one attached hydrogen (secondary N) is 1. The van der Waals surface area contributed by atoms with E-state index in [1.165, 1.54) is 0 Å². The molecule has 18 heavy (non-hydrogen) atoms. The lowest BCUT2D eigenvalue weighted by Gasteiger charge is -2.15. The molecule has 1 N–H and O–H groups in total. The zero-order chi connectivity index (χ0) is 13.3. The molecule has 0 spiro atoms. The van der Waals surface area contributed by atoms with Crippen molar-refractivity contribution in [3.05, 3.63) is 40.7 Å². The fourth-order valence-corrected chi connectivity index (χ4v) is 2.17. The van der Waals surface area contributed by atoms with Crippen LogP contribution in [0.5, 0.6) is 0 Å². The van der Waals surface area contributed by atoms with Gasteiger partial charge in [-0.25, -0.2) is 4.98 Å². The summed E-state index contributed by atoms with van der Waals surface area (Å²) in [7, 11) is 0. The van der Waals surface area contributed by atoms with Crippen molar-refractivity contribution in [1.29, 1.82) is 0 Å². The molecule has 0 amide bonds. The van der Waals surface area contributed by atoms with Crippen molar-refractivity contribution in [3.63, 3.8) is 0 Å². The van der Waals surface area contributed by atoms with Gasteiger partial charge in [0.15, 0.2) is 0 Å². The highest BCUT2D eigenvalue weighted by Gasteiger charge is 2.11. The highest BCUT2D eigenvalue weighted by atomic mass is 35.5. The zero-order valence-electron chi connectivity index (χ0n) is 11.2. The molecule has 4 heteroatoms. The largest absolute Gasteiger partial charge is 0.324 e. The summed E-state index contributed by atoms with van der Waals surface area (Å²) in [5.74, 6) is 0.832. The first-order chi connectivity index (χ1) is 8.49. The Morgan fingerprint density at radius 3 is 2.61 bits per heavy atom. The average Bonchev–Trinajstić information content (AvgIpc) is 2.65. The highest BCUT2D eigenvalue weighted by Crippen LogP contribution is 2.29. The Labute approximate surface area is 113 Å². The Kier molecular flexibility index (Phi) is 3.62. The first-order valence-electron chi connectivity index (χ1n) is 6.06. The molecule has 1 aromatic carbocycles. The van der Waals surface area contributed by atoms with Gasteiger partial charge < -0.3 is 9.88 Å². The molecular weight excluding hydrogens is 246 g/mol. The smallest absolute Gasteiger partial charge is 0.207 e. The van der Waals surface area contributed by atoms with Crippen molar-refractivity contribution < 1.29 is 0 Å². The number of aromatic nitrogens is 2. The van der Waals surface area contributed by atoms with E-state index < -0.39 is 0 Å². The molecule has 2 aromatic rings. The second kappa shape index (κ2) is 5.02. The van der Waals surface area contributed by atoms with E-state index in [1.807, 2.05) is 38.2 Å². The number of hydrogen-bond donors (Lipinski definition) is 1. The number of benzene rings is 1. The Hall–Kier alpha value is -1.48. The van der Waals surface area contributed by atoms with Crippen LogP contribution in [-0.2, 0) is 0 Å². The van der Waals surface area contributed by atoms with Gasteiger partial charge in [-0.3, -0.25) is 0 Å². The van der Waals surface area contributed by atoms with Gasteiger partial charge in [0, 0.05) is 12.2 Å². The van der Waals surface area contributed by atoms with Crippen molar-refractivity contribution in [2.24, 2.45) is 0 Å². The average molecular weight is 264 g/mol. The van der Waals surface area contributed by atoms with E-state index in [-0.39, 0.29) is 0 Å². The van der Waals surface area contributed by atoms with Crippen LogP contribution in [0.15, 0.2) is 24.4 Å². The molecule has 0 bridgehead atoms. The zero-order valence-corrected chi connectivity index (χ0v) is 11.9. The van der Waals surface area contributed by atoms with Gasteiger partial charge >= 0.3 is 0 Å². The molecule has 1 heterocycles. The summed E-state index contributed by atoms with van der Waals surface area (Å²) in [5.41, 5.74) is 3.03. The summed E-state index contributed by atoms with van der Waals surface area (Å²) in [6.45, 7) is 8.28. The quantitative estimate of drug-likeness (QED) is 0.885. The molecule has 3 nitrogen and oxygen atoms in total. The number of para-hydroxylation sites is 1. The van der Waals surface area contributed by atoms with Crippen LogP contribution in [0.4, 0.5) is 11.6 Å². The maximum atomic E-state index is 6.22. The molecule has 0 aliphatic heterocycles. The molecule has 0 aliphatic rings. The third-order valence-electron chi connectivity index (χ3n) is 2.87. The highest BCUT2D eigenvalue weighted by molar-refractivity contribution is 6.33. The van der Waals surface area contributed by atoms with Crippen molar-refractivity contribution in [3.8, 4) is 0 Å². The van der Waals surface area contributed by atoms with E-state index in [1.54, 1.807) is 0 Å². The fraction of sp³-hybridized carbons (Fsp3) is 0.357. The minimum Gasteiger partial charge on any atom is -0.324 e. The van der Waals surface area contributed by atoms with Crippen molar-refractivity contribution in [1.82, 2.24) is 9.55 Å². The molecule has 0 saturated carbocycles. The number of anilines is 2. The van der Waals surface area contributed by atoms with E-state index in [0.29, 0.717) is 11.1 Å². The molecule has 0 atom stereocenters. The third-order valence-corrected chi connectivity index (χ3v) is 3.18. The Bertz CT molecular complexity index is 538. The maximum absolute atomic E-state index is 6.22. The standard InChI is InChI=1S/C14H18ClN3/c1-9(2)18-8-11(4)16-14(18)17-13-10(3)6-5-7-12(13)15/h5-9H,1-4H3,(H,16,17). The molecule has 2 rings (SSSR count). The topological polar surface area (TPSA) is 29.9 Å². The summed E-state index contributed by atoms with van der Waals surface area (Å²) < 4.78 is 2.11. The second-order valence-corrected chi connectivity index (χ2v) is 5.17. The lowest BCUT2D eigenvalue weighted by molar-refractivity contribution is 0.607. The molecule has 96 valence electrons. The number of aryl methyl sites for hydroxylation is 2. The molecule has 0 aliphatic carbocycles. The lowest BCUT2D eigenvalue weighted by atomic mass is 10.2. The van der Waals surface area contributed by atoms with Gasteiger partial charge in [-0.15, -0.1) is 0 Å². The first kappa shape index (κ1) is 13.0. The fourth-order valence-electron chi connectivity index (χ4n) is 1.90. The Balaban J connectivity index is 2.40. The summed E-state index contributed by atoms with van der Waals surface area (Å²) in [6, 6.07) is 6.22. The summed E-state index contributed by atoms with van der Waals surface area (Å²) >= 11 is 6.22. The lowest BCUT2D eigenvalue weighted by Crippen LogP contribution is -2.06. The van der Waals surface area contributed by atoms with Gasteiger partial charge in [0.2, 0.25) is 5.95 Å². The number of hydrogen-bond acceptors (Lipinski definition) is 2. The van der Waals surface area contributed by atoms with Crippen LogP contribution in [0.2, 0.25) is 5.02 Å². The molecular formula is C14H18ClN3. The van der Waals surface area contributed by atoms with Crippen molar-refractivity contribution >= 4 is 23.2 Å². The van der Waals surface area contributed by atoms with Crippen molar-refractivity contribution in [2.75, 3.05) is 5.32 Å². The van der Waals surface area contributed by atoms with E-state index in [9.17, 15) is 0 Å². The van der Waals surface area contributed by atoms with Gasteiger partial charge in [-0.2, -0.15) is 0 Å². The first-order valence-corrected chi connectivity index (χ1v) is 6.44. The Morgan fingerprint density at radius 2 is 2.00 bits per heavy atom. The van der Waals surface area contributed by atoms with E-state index >= 15 is 0 Å². The minimum absolute atomic E-state index is 0.358. The predicted octanol–water partition coefficient (Wildman–Crippen LogP) is 4.48. The molecule has 0 radical (unpaired) electrons. The van der Waals surface area contributed by atoms with Crippen LogP contribution < -0.4 is 5.32 Å². The van der Waals surface area contributed by atoms with Gasteiger partial charge in [0.1, 0.15) is 0 Å². The van der Waals surface area contributed by atoms with E-state index in [2.05, 4.69) is 28.7 Å². The van der Waals surface area contributed by atoms with Crippen LogP contribution in [0, 0.1) is 13.8 Å². The van der Waals surface area contributed by atoms with Gasteiger partial charge in [-0.05, 0) is 39.3 Å². The number of imidazole rings is 1. The van der Waals surface area contributed by atoms with Crippen LogP contribution >= 0.6 is 11.6 Å². The van der Waals surface area contributed by atoms with Crippen LogP contribution in [-0.4, -0.2) is 9.55 Å². The summed E-state index contributed by atoms with van der Waals surface area (Å²) in [4.78, 5) is 4.50. The normalized spacial score (nSPS) is 11.0. The Morgan fingerprint density at radius 1 is 1.28 bits per heavy atom.